The van der Waals surface area contributed by atoms with E-state index in [-0.39, 0.29) is 0 Å². The number of benzene rings is 1. The van der Waals surface area contributed by atoms with E-state index in [0.29, 0.717) is 12.0 Å². The Morgan fingerprint density at radius 2 is 2.05 bits per heavy atom. The van der Waals surface area contributed by atoms with Crippen LogP contribution in [0.3, 0.4) is 0 Å². The smallest absolute Gasteiger partial charge is 0.0465 e. The van der Waals surface area contributed by atoms with E-state index in [1.54, 1.807) is 18.2 Å². The first-order valence-electron chi connectivity index (χ1n) is 8.55. The maximum Gasteiger partial charge on any atom is 0.0465 e. The monoisotopic (exact) mass is 289 g/mol. The van der Waals surface area contributed by atoms with Gasteiger partial charge in [-0.2, -0.15) is 0 Å². The molecule has 0 spiro atoms. The first-order valence-corrected chi connectivity index (χ1v) is 8.55. The van der Waals surface area contributed by atoms with E-state index >= 15 is 0 Å². The highest BCUT2D eigenvalue weighted by molar-refractivity contribution is 5.30. The number of nitrogens with one attached hydrogen (secondary N) is 1. The van der Waals surface area contributed by atoms with Crippen molar-refractivity contribution in [3.8, 4) is 0 Å². The highest BCUT2D eigenvalue weighted by Crippen LogP contribution is 2.30. The Morgan fingerprint density at radius 3 is 2.76 bits per heavy atom. The number of aryl methyl sites for hydroxylation is 1. The second-order valence-corrected chi connectivity index (χ2v) is 6.51. The van der Waals surface area contributed by atoms with Gasteiger partial charge < -0.3 is 10.1 Å². The normalized spacial score (nSPS) is 20.8. The van der Waals surface area contributed by atoms with Gasteiger partial charge in [-0.05, 0) is 61.6 Å². The molecule has 1 N–H and O–H groups in total. The van der Waals surface area contributed by atoms with Crippen LogP contribution in [0.4, 0.5) is 0 Å². The molecular formula is C19H31NO. The molecule has 3 unspecified atom stereocenters. The van der Waals surface area contributed by atoms with Gasteiger partial charge in [0.15, 0.2) is 0 Å². The van der Waals surface area contributed by atoms with Crippen LogP contribution >= 0.6 is 0 Å². The van der Waals surface area contributed by atoms with Gasteiger partial charge in [-0.25, -0.2) is 0 Å². The number of fused-ring (bicyclic) bond motifs is 1. The van der Waals surface area contributed by atoms with E-state index in [9.17, 15) is 0 Å². The fraction of sp³-hybridized carbons (Fsp3) is 0.684. The third kappa shape index (κ3) is 4.55. The number of ether oxygens (including phenoxy) is 1. The largest absolute Gasteiger partial charge is 0.385 e. The standard InChI is InChI=1S/C19H31NO/c1-4-12-20-19(15(2)11-13-21-3)18-10-9-16-7-5-6-8-17(16)14-18/h5-8,15,18-20H,4,9-14H2,1-3H3. The molecule has 1 aromatic rings. The number of hydrogen-bond donors (Lipinski definition) is 1. The Balaban J connectivity index is 2.03. The summed E-state index contributed by atoms with van der Waals surface area (Å²) >= 11 is 0. The highest BCUT2D eigenvalue weighted by Gasteiger charge is 2.29. The fourth-order valence-corrected chi connectivity index (χ4v) is 3.66. The summed E-state index contributed by atoms with van der Waals surface area (Å²) in [6.07, 6.45) is 6.14. The summed E-state index contributed by atoms with van der Waals surface area (Å²) in [6.45, 7) is 6.63. The Kier molecular flexibility index (Phi) is 6.72. The van der Waals surface area contributed by atoms with Crippen LogP contribution < -0.4 is 5.32 Å². The predicted octanol–water partition coefficient (Wildman–Crippen LogP) is 3.83. The minimum absolute atomic E-state index is 0.619. The van der Waals surface area contributed by atoms with Gasteiger partial charge in [0.25, 0.3) is 0 Å². The van der Waals surface area contributed by atoms with Crippen LogP contribution in [0.5, 0.6) is 0 Å². The van der Waals surface area contributed by atoms with E-state index in [2.05, 4.69) is 43.4 Å². The SMILES string of the molecule is CCCNC(C(C)CCOC)C1CCc2ccccc2C1. The molecule has 1 aliphatic rings. The zero-order chi connectivity index (χ0) is 15.1. The van der Waals surface area contributed by atoms with Crippen LogP contribution in [0.25, 0.3) is 0 Å². The van der Waals surface area contributed by atoms with Gasteiger partial charge in [-0.15, -0.1) is 0 Å². The van der Waals surface area contributed by atoms with E-state index < -0.39 is 0 Å². The zero-order valence-corrected chi connectivity index (χ0v) is 13.9. The number of hydrogen-bond acceptors (Lipinski definition) is 2. The van der Waals surface area contributed by atoms with Gasteiger partial charge in [0.2, 0.25) is 0 Å². The fourth-order valence-electron chi connectivity index (χ4n) is 3.66. The van der Waals surface area contributed by atoms with Crippen molar-refractivity contribution in [1.29, 1.82) is 0 Å². The van der Waals surface area contributed by atoms with Crippen molar-refractivity contribution in [3.63, 3.8) is 0 Å². The zero-order valence-electron chi connectivity index (χ0n) is 13.9. The van der Waals surface area contributed by atoms with Gasteiger partial charge in [-0.1, -0.05) is 38.1 Å². The molecule has 0 aromatic heterocycles. The lowest BCUT2D eigenvalue weighted by molar-refractivity contribution is 0.154. The summed E-state index contributed by atoms with van der Waals surface area (Å²) in [7, 11) is 1.80. The van der Waals surface area contributed by atoms with E-state index in [0.717, 1.165) is 25.5 Å². The molecule has 0 amide bonds. The summed E-state index contributed by atoms with van der Waals surface area (Å²) < 4.78 is 5.28. The minimum Gasteiger partial charge on any atom is -0.385 e. The summed E-state index contributed by atoms with van der Waals surface area (Å²) in [5, 5.41) is 3.82. The third-order valence-electron chi connectivity index (χ3n) is 4.91. The average Bonchev–Trinajstić information content (AvgIpc) is 2.53. The van der Waals surface area contributed by atoms with Crippen molar-refractivity contribution in [2.45, 2.75) is 52.0 Å². The third-order valence-corrected chi connectivity index (χ3v) is 4.91. The number of rotatable bonds is 8. The molecule has 1 aliphatic carbocycles. The van der Waals surface area contributed by atoms with Gasteiger partial charge in [-0.3, -0.25) is 0 Å². The molecular weight excluding hydrogens is 258 g/mol. The molecule has 2 heteroatoms. The lowest BCUT2D eigenvalue weighted by Crippen LogP contribution is -2.44. The molecule has 0 aliphatic heterocycles. The average molecular weight is 289 g/mol. The molecule has 0 heterocycles. The second-order valence-electron chi connectivity index (χ2n) is 6.51. The van der Waals surface area contributed by atoms with Crippen LogP contribution in [0.1, 0.15) is 44.2 Å². The van der Waals surface area contributed by atoms with Crippen LogP contribution in [-0.2, 0) is 17.6 Å². The Labute approximate surface area is 130 Å². The van der Waals surface area contributed by atoms with Crippen molar-refractivity contribution in [3.05, 3.63) is 35.4 Å². The van der Waals surface area contributed by atoms with Crippen LogP contribution in [0.15, 0.2) is 24.3 Å². The molecule has 118 valence electrons. The first-order chi connectivity index (χ1) is 10.3. The van der Waals surface area contributed by atoms with Crippen LogP contribution in [-0.4, -0.2) is 26.3 Å². The van der Waals surface area contributed by atoms with Crippen molar-refractivity contribution in [1.82, 2.24) is 5.32 Å². The van der Waals surface area contributed by atoms with Crippen molar-refractivity contribution in [2.24, 2.45) is 11.8 Å². The molecule has 2 rings (SSSR count). The summed E-state index contributed by atoms with van der Waals surface area (Å²) in [5.41, 5.74) is 3.13. The second kappa shape index (κ2) is 8.55. The molecule has 0 saturated carbocycles. The quantitative estimate of drug-likeness (QED) is 0.785. The topological polar surface area (TPSA) is 21.3 Å². The van der Waals surface area contributed by atoms with Crippen LogP contribution in [0, 0.1) is 11.8 Å². The van der Waals surface area contributed by atoms with E-state index in [1.807, 2.05) is 0 Å². The van der Waals surface area contributed by atoms with Gasteiger partial charge in [0.05, 0.1) is 0 Å². The molecule has 1 aromatic carbocycles. The maximum absolute atomic E-state index is 5.28. The summed E-state index contributed by atoms with van der Waals surface area (Å²) in [5.74, 6) is 1.44. The van der Waals surface area contributed by atoms with Crippen molar-refractivity contribution < 1.29 is 4.74 Å². The predicted molar refractivity (Wildman–Crippen MR) is 89.7 cm³/mol. The van der Waals surface area contributed by atoms with Gasteiger partial charge >= 0.3 is 0 Å². The minimum atomic E-state index is 0.619. The number of methoxy groups -OCH3 is 1. The molecule has 0 radical (unpaired) electrons. The Hall–Kier alpha value is -0.860. The summed E-state index contributed by atoms with van der Waals surface area (Å²) in [6, 6.07) is 9.59. The molecule has 21 heavy (non-hydrogen) atoms. The molecule has 0 fully saturated rings. The molecule has 2 nitrogen and oxygen atoms in total. The first kappa shape index (κ1) is 16.5. The van der Waals surface area contributed by atoms with Gasteiger partial charge in [0.1, 0.15) is 0 Å². The molecule has 3 atom stereocenters. The summed E-state index contributed by atoms with van der Waals surface area (Å²) in [4.78, 5) is 0. The van der Waals surface area contributed by atoms with Gasteiger partial charge in [0, 0.05) is 19.8 Å². The highest BCUT2D eigenvalue weighted by atomic mass is 16.5. The van der Waals surface area contributed by atoms with E-state index in [4.69, 9.17) is 4.74 Å². The van der Waals surface area contributed by atoms with Crippen LogP contribution in [0.2, 0.25) is 0 Å². The maximum atomic E-state index is 5.28. The Bertz CT molecular complexity index is 418. The molecule has 0 bridgehead atoms. The lowest BCUT2D eigenvalue weighted by atomic mass is 9.76. The Morgan fingerprint density at radius 1 is 1.29 bits per heavy atom. The lowest BCUT2D eigenvalue weighted by Gasteiger charge is -2.36. The van der Waals surface area contributed by atoms with Crippen molar-refractivity contribution >= 4 is 0 Å². The van der Waals surface area contributed by atoms with E-state index in [1.165, 1.54) is 25.7 Å². The van der Waals surface area contributed by atoms with Crippen molar-refractivity contribution in [2.75, 3.05) is 20.3 Å². The molecule has 0 saturated heterocycles.